The van der Waals surface area contributed by atoms with E-state index in [0.717, 1.165) is 16.6 Å². The van der Waals surface area contributed by atoms with E-state index < -0.39 is 0 Å². The van der Waals surface area contributed by atoms with Gasteiger partial charge in [0, 0.05) is 11.6 Å². The van der Waals surface area contributed by atoms with Gasteiger partial charge in [0.2, 0.25) is 5.13 Å². The van der Waals surface area contributed by atoms with Crippen LogP contribution in [0, 0.1) is 3.95 Å². The van der Waals surface area contributed by atoms with Crippen molar-refractivity contribution in [2.24, 2.45) is 0 Å². The van der Waals surface area contributed by atoms with Crippen molar-refractivity contribution < 1.29 is 0 Å². The Kier molecular flexibility index (Phi) is 2.99. The summed E-state index contributed by atoms with van der Waals surface area (Å²) in [5, 5.41) is 12.3. The summed E-state index contributed by atoms with van der Waals surface area (Å²) in [5.41, 5.74) is 1.67. The van der Waals surface area contributed by atoms with Crippen LogP contribution in [0.2, 0.25) is 5.02 Å². The number of aromatic amines is 1. The van der Waals surface area contributed by atoms with Gasteiger partial charge in [-0.1, -0.05) is 22.9 Å². The first-order valence-electron chi connectivity index (χ1n) is 5.10. The molecule has 2 aromatic heterocycles. The summed E-state index contributed by atoms with van der Waals surface area (Å²) in [6.07, 6.45) is 1.73. The summed E-state index contributed by atoms with van der Waals surface area (Å²) in [6, 6.07) is 7.50. The number of H-pyrrole nitrogens is 1. The van der Waals surface area contributed by atoms with Crippen molar-refractivity contribution in [3.05, 3.63) is 39.4 Å². The van der Waals surface area contributed by atoms with Gasteiger partial charge in [-0.2, -0.15) is 0 Å². The van der Waals surface area contributed by atoms with Gasteiger partial charge in [-0.25, -0.2) is 0 Å². The SMILES string of the molecule is S=c1[nH]nc(Nc2ccc(Cl)c3cccnc23)s1. The molecular weight excluding hydrogens is 288 g/mol. The zero-order chi connectivity index (χ0) is 12.5. The fourth-order valence-corrected chi connectivity index (χ4v) is 2.65. The smallest absolute Gasteiger partial charge is 0.208 e. The molecule has 0 unspecified atom stereocenters. The molecule has 0 aliphatic rings. The van der Waals surface area contributed by atoms with Crippen molar-refractivity contribution in [3.63, 3.8) is 0 Å². The van der Waals surface area contributed by atoms with Gasteiger partial charge in [0.05, 0.1) is 16.2 Å². The molecule has 0 spiro atoms. The highest BCUT2D eigenvalue weighted by Gasteiger charge is 2.07. The summed E-state index contributed by atoms with van der Waals surface area (Å²) in [5.74, 6) is 0. The lowest BCUT2D eigenvalue weighted by Crippen LogP contribution is -1.92. The summed E-state index contributed by atoms with van der Waals surface area (Å²) < 4.78 is 0.628. The molecule has 90 valence electrons. The molecule has 0 aliphatic carbocycles. The Morgan fingerprint density at radius 3 is 3.00 bits per heavy atom. The lowest BCUT2D eigenvalue weighted by molar-refractivity contribution is 1.08. The topological polar surface area (TPSA) is 53.6 Å². The Bertz CT molecular complexity index is 765. The van der Waals surface area contributed by atoms with Crippen LogP contribution in [-0.2, 0) is 0 Å². The molecule has 2 N–H and O–H groups in total. The lowest BCUT2D eigenvalue weighted by atomic mass is 10.2. The second-order valence-electron chi connectivity index (χ2n) is 3.54. The standard InChI is InChI=1S/C11H7ClN4S2/c12-7-3-4-8(9-6(7)2-1-5-13-9)14-10-15-16-11(17)18-10/h1-5H,(H,14,15)(H,16,17). The number of halogens is 1. The monoisotopic (exact) mass is 294 g/mol. The molecule has 0 bridgehead atoms. The molecule has 0 atom stereocenters. The van der Waals surface area contributed by atoms with E-state index in [9.17, 15) is 0 Å². The molecule has 3 rings (SSSR count). The van der Waals surface area contributed by atoms with E-state index in [1.165, 1.54) is 11.3 Å². The van der Waals surface area contributed by atoms with Crippen molar-refractivity contribution in [3.8, 4) is 0 Å². The van der Waals surface area contributed by atoms with E-state index in [2.05, 4.69) is 20.5 Å². The summed E-state index contributed by atoms with van der Waals surface area (Å²) in [7, 11) is 0. The Morgan fingerprint density at radius 2 is 2.22 bits per heavy atom. The van der Waals surface area contributed by atoms with E-state index in [0.29, 0.717) is 14.1 Å². The van der Waals surface area contributed by atoms with Gasteiger partial charge < -0.3 is 5.32 Å². The van der Waals surface area contributed by atoms with Crippen molar-refractivity contribution in [1.29, 1.82) is 0 Å². The van der Waals surface area contributed by atoms with Crippen LogP contribution in [0.5, 0.6) is 0 Å². The second-order valence-corrected chi connectivity index (χ2v) is 5.61. The molecule has 0 aliphatic heterocycles. The van der Waals surface area contributed by atoms with Gasteiger partial charge >= 0.3 is 0 Å². The highest BCUT2D eigenvalue weighted by atomic mass is 35.5. The van der Waals surface area contributed by atoms with E-state index in [-0.39, 0.29) is 0 Å². The number of hydrogen-bond donors (Lipinski definition) is 2. The lowest BCUT2D eigenvalue weighted by Gasteiger charge is -2.07. The van der Waals surface area contributed by atoms with E-state index >= 15 is 0 Å². The maximum atomic E-state index is 6.13. The van der Waals surface area contributed by atoms with Gasteiger partial charge in [-0.15, -0.1) is 5.10 Å². The normalized spacial score (nSPS) is 10.7. The summed E-state index contributed by atoms with van der Waals surface area (Å²) in [4.78, 5) is 4.34. The van der Waals surface area contributed by atoms with Crippen molar-refractivity contribution in [1.82, 2.24) is 15.2 Å². The van der Waals surface area contributed by atoms with Gasteiger partial charge in [0.25, 0.3) is 0 Å². The number of pyridine rings is 1. The Morgan fingerprint density at radius 1 is 1.33 bits per heavy atom. The van der Waals surface area contributed by atoms with E-state index in [1.54, 1.807) is 6.20 Å². The average molecular weight is 295 g/mol. The molecule has 3 aromatic rings. The number of nitrogens with one attached hydrogen (secondary N) is 2. The minimum Gasteiger partial charge on any atom is -0.328 e. The fourth-order valence-electron chi connectivity index (χ4n) is 1.64. The largest absolute Gasteiger partial charge is 0.328 e. The number of benzene rings is 1. The molecule has 0 saturated heterocycles. The molecule has 0 saturated carbocycles. The Labute approximate surface area is 117 Å². The van der Waals surface area contributed by atoms with Crippen LogP contribution < -0.4 is 5.32 Å². The zero-order valence-corrected chi connectivity index (χ0v) is 11.4. The van der Waals surface area contributed by atoms with Crippen molar-refractivity contribution >= 4 is 56.9 Å². The van der Waals surface area contributed by atoms with E-state index in [4.69, 9.17) is 23.8 Å². The molecule has 18 heavy (non-hydrogen) atoms. The first-order chi connectivity index (χ1) is 8.74. The average Bonchev–Trinajstić information content (AvgIpc) is 2.79. The van der Waals surface area contributed by atoms with Gasteiger partial charge in [0.15, 0.2) is 3.95 Å². The van der Waals surface area contributed by atoms with Crippen LogP contribution in [0.1, 0.15) is 0 Å². The summed E-state index contributed by atoms with van der Waals surface area (Å²) in [6.45, 7) is 0. The Hall–Kier alpha value is -1.50. The number of fused-ring (bicyclic) bond motifs is 1. The molecule has 7 heteroatoms. The van der Waals surface area contributed by atoms with Crippen LogP contribution in [-0.4, -0.2) is 15.2 Å². The minimum atomic E-state index is 0.628. The Balaban J connectivity index is 2.12. The quantitative estimate of drug-likeness (QED) is 0.697. The molecule has 2 heterocycles. The third-order valence-electron chi connectivity index (χ3n) is 2.40. The number of nitrogens with zero attached hydrogens (tertiary/aromatic N) is 2. The van der Waals surface area contributed by atoms with Crippen LogP contribution in [0.15, 0.2) is 30.5 Å². The molecular formula is C11H7ClN4S2. The maximum Gasteiger partial charge on any atom is 0.208 e. The number of rotatable bonds is 2. The zero-order valence-electron chi connectivity index (χ0n) is 8.98. The predicted octanol–water partition coefficient (Wildman–Crippen LogP) is 4.15. The first kappa shape index (κ1) is 11.6. The number of hydrogen-bond acceptors (Lipinski definition) is 5. The van der Waals surface area contributed by atoms with Crippen LogP contribution >= 0.6 is 35.2 Å². The van der Waals surface area contributed by atoms with Crippen molar-refractivity contribution in [2.45, 2.75) is 0 Å². The summed E-state index contributed by atoms with van der Waals surface area (Å²) >= 11 is 12.5. The third-order valence-corrected chi connectivity index (χ3v) is 3.73. The van der Waals surface area contributed by atoms with Crippen LogP contribution in [0.25, 0.3) is 10.9 Å². The van der Waals surface area contributed by atoms with E-state index in [1.807, 2.05) is 24.3 Å². The first-order valence-corrected chi connectivity index (χ1v) is 6.70. The molecule has 0 amide bonds. The molecule has 0 fully saturated rings. The maximum absolute atomic E-state index is 6.13. The second kappa shape index (κ2) is 4.64. The molecule has 1 aromatic carbocycles. The van der Waals surface area contributed by atoms with Gasteiger partial charge in [-0.3, -0.25) is 10.1 Å². The molecule has 0 radical (unpaired) electrons. The van der Waals surface area contributed by atoms with Crippen LogP contribution in [0.3, 0.4) is 0 Å². The number of aromatic nitrogens is 3. The van der Waals surface area contributed by atoms with Gasteiger partial charge in [-0.05, 0) is 36.5 Å². The molecule has 4 nitrogen and oxygen atoms in total. The minimum absolute atomic E-state index is 0.628. The fraction of sp³-hybridized carbons (Fsp3) is 0. The van der Waals surface area contributed by atoms with Gasteiger partial charge in [0.1, 0.15) is 0 Å². The van der Waals surface area contributed by atoms with Crippen molar-refractivity contribution in [2.75, 3.05) is 5.32 Å². The number of anilines is 2. The van der Waals surface area contributed by atoms with Crippen LogP contribution in [0.4, 0.5) is 10.8 Å². The predicted molar refractivity (Wildman–Crippen MR) is 77.3 cm³/mol. The highest BCUT2D eigenvalue weighted by Crippen LogP contribution is 2.30. The highest BCUT2D eigenvalue weighted by molar-refractivity contribution is 7.73. The third kappa shape index (κ3) is 2.10.